The Morgan fingerprint density at radius 3 is 2.77 bits per heavy atom. The monoisotopic (exact) mass is 176 g/mol. The SMILES string of the molecule is C/C=C/CN[C@@H](C)c1ccncc1. The van der Waals surface area contributed by atoms with Crippen molar-refractivity contribution < 1.29 is 0 Å². The Bertz CT molecular complexity index is 254. The van der Waals surface area contributed by atoms with Crippen LogP contribution in [0.3, 0.4) is 0 Å². The van der Waals surface area contributed by atoms with Crippen LogP contribution in [0.15, 0.2) is 36.7 Å². The van der Waals surface area contributed by atoms with Crippen molar-refractivity contribution in [1.29, 1.82) is 0 Å². The Kier molecular flexibility index (Phi) is 4.19. The van der Waals surface area contributed by atoms with Crippen LogP contribution in [0, 0.1) is 0 Å². The van der Waals surface area contributed by atoms with E-state index in [0.717, 1.165) is 6.54 Å². The number of aromatic nitrogens is 1. The third-order valence-electron chi connectivity index (χ3n) is 1.98. The highest BCUT2D eigenvalue weighted by Gasteiger charge is 2.00. The topological polar surface area (TPSA) is 24.9 Å². The normalized spacial score (nSPS) is 13.4. The van der Waals surface area contributed by atoms with Crippen LogP contribution in [0.25, 0.3) is 0 Å². The molecule has 1 N–H and O–H groups in total. The van der Waals surface area contributed by atoms with Gasteiger partial charge in [0, 0.05) is 25.0 Å². The third kappa shape index (κ3) is 3.38. The lowest BCUT2D eigenvalue weighted by Crippen LogP contribution is -2.18. The van der Waals surface area contributed by atoms with Gasteiger partial charge in [-0.25, -0.2) is 0 Å². The van der Waals surface area contributed by atoms with Gasteiger partial charge < -0.3 is 5.32 Å². The highest BCUT2D eigenvalue weighted by molar-refractivity contribution is 5.14. The third-order valence-corrected chi connectivity index (χ3v) is 1.98. The summed E-state index contributed by atoms with van der Waals surface area (Å²) in [6.07, 6.45) is 7.80. The molecule has 1 aromatic rings. The molecule has 2 heteroatoms. The Morgan fingerprint density at radius 2 is 2.15 bits per heavy atom. The predicted octanol–water partition coefficient (Wildman–Crippen LogP) is 2.31. The second-order valence-electron chi connectivity index (χ2n) is 2.98. The van der Waals surface area contributed by atoms with E-state index in [1.165, 1.54) is 5.56 Å². The molecule has 0 radical (unpaired) electrons. The van der Waals surface area contributed by atoms with Gasteiger partial charge in [0.2, 0.25) is 0 Å². The van der Waals surface area contributed by atoms with Gasteiger partial charge in [-0.1, -0.05) is 12.2 Å². The molecule has 0 spiro atoms. The maximum Gasteiger partial charge on any atom is 0.0295 e. The first-order chi connectivity index (χ1) is 6.34. The van der Waals surface area contributed by atoms with Crippen molar-refractivity contribution in [2.75, 3.05) is 6.54 Å². The summed E-state index contributed by atoms with van der Waals surface area (Å²) in [5.74, 6) is 0. The summed E-state index contributed by atoms with van der Waals surface area (Å²) in [5, 5.41) is 3.39. The lowest BCUT2D eigenvalue weighted by Gasteiger charge is -2.11. The molecule has 0 unspecified atom stereocenters. The summed E-state index contributed by atoms with van der Waals surface area (Å²) in [6, 6.07) is 4.46. The zero-order valence-corrected chi connectivity index (χ0v) is 8.20. The van der Waals surface area contributed by atoms with E-state index in [1.807, 2.05) is 37.5 Å². The van der Waals surface area contributed by atoms with Crippen LogP contribution in [0.2, 0.25) is 0 Å². The zero-order chi connectivity index (χ0) is 9.52. The summed E-state index contributed by atoms with van der Waals surface area (Å²) < 4.78 is 0. The van der Waals surface area contributed by atoms with E-state index in [1.54, 1.807) is 0 Å². The fourth-order valence-electron chi connectivity index (χ4n) is 1.13. The molecule has 1 aromatic heterocycles. The second-order valence-corrected chi connectivity index (χ2v) is 2.98. The second kappa shape index (κ2) is 5.49. The number of allylic oxidation sites excluding steroid dienone is 1. The molecule has 0 aliphatic heterocycles. The summed E-state index contributed by atoms with van der Waals surface area (Å²) in [4.78, 5) is 3.98. The van der Waals surface area contributed by atoms with Crippen LogP contribution >= 0.6 is 0 Å². The van der Waals surface area contributed by atoms with Crippen molar-refractivity contribution in [3.05, 3.63) is 42.2 Å². The molecule has 0 aromatic carbocycles. The predicted molar refractivity (Wildman–Crippen MR) is 55.5 cm³/mol. The number of hydrogen-bond acceptors (Lipinski definition) is 2. The maximum atomic E-state index is 3.98. The van der Waals surface area contributed by atoms with Gasteiger partial charge in [-0.3, -0.25) is 4.98 Å². The molecule has 1 rings (SSSR count). The van der Waals surface area contributed by atoms with Gasteiger partial charge in [0.25, 0.3) is 0 Å². The van der Waals surface area contributed by atoms with Gasteiger partial charge in [-0.15, -0.1) is 0 Å². The van der Waals surface area contributed by atoms with E-state index < -0.39 is 0 Å². The number of rotatable bonds is 4. The van der Waals surface area contributed by atoms with Crippen molar-refractivity contribution >= 4 is 0 Å². The summed E-state index contributed by atoms with van der Waals surface area (Å²) in [6.45, 7) is 5.09. The fourth-order valence-corrected chi connectivity index (χ4v) is 1.13. The minimum Gasteiger partial charge on any atom is -0.307 e. The van der Waals surface area contributed by atoms with Gasteiger partial charge in [0.15, 0.2) is 0 Å². The molecule has 0 amide bonds. The van der Waals surface area contributed by atoms with E-state index in [9.17, 15) is 0 Å². The zero-order valence-electron chi connectivity index (χ0n) is 8.20. The van der Waals surface area contributed by atoms with Gasteiger partial charge in [0.05, 0.1) is 0 Å². The van der Waals surface area contributed by atoms with E-state index in [-0.39, 0.29) is 0 Å². The standard InChI is InChI=1S/C11H16N2/c1-3-4-7-13-10(2)11-5-8-12-9-6-11/h3-6,8-10,13H,7H2,1-2H3/b4-3+/t10-/m0/s1. The Morgan fingerprint density at radius 1 is 1.46 bits per heavy atom. The fraction of sp³-hybridized carbons (Fsp3) is 0.364. The highest BCUT2D eigenvalue weighted by atomic mass is 14.9. The van der Waals surface area contributed by atoms with Crippen LogP contribution < -0.4 is 5.32 Å². The summed E-state index contributed by atoms with van der Waals surface area (Å²) in [7, 11) is 0. The molecule has 0 bridgehead atoms. The molecule has 2 nitrogen and oxygen atoms in total. The lowest BCUT2D eigenvalue weighted by molar-refractivity contribution is 0.616. The molecule has 0 saturated heterocycles. The smallest absolute Gasteiger partial charge is 0.0295 e. The Balaban J connectivity index is 2.44. The number of nitrogens with one attached hydrogen (secondary N) is 1. The molecular weight excluding hydrogens is 160 g/mol. The minimum atomic E-state index is 0.388. The Hall–Kier alpha value is -1.15. The molecule has 70 valence electrons. The van der Waals surface area contributed by atoms with Crippen molar-refractivity contribution in [1.82, 2.24) is 10.3 Å². The molecular formula is C11H16N2. The molecule has 1 atom stereocenters. The molecule has 13 heavy (non-hydrogen) atoms. The number of pyridine rings is 1. The lowest BCUT2D eigenvalue weighted by atomic mass is 10.1. The van der Waals surface area contributed by atoms with Crippen LogP contribution in [0.4, 0.5) is 0 Å². The van der Waals surface area contributed by atoms with Crippen LogP contribution in [0.1, 0.15) is 25.5 Å². The van der Waals surface area contributed by atoms with Crippen LogP contribution in [-0.2, 0) is 0 Å². The Labute approximate surface area is 79.7 Å². The quantitative estimate of drug-likeness (QED) is 0.712. The number of hydrogen-bond donors (Lipinski definition) is 1. The molecule has 0 aliphatic rings. The van der Waals surface area contributed by atoms with Crippen molar-refractivity contribution in [3.8, 4) is 0 Å². The average Bonchev–Trinajstić information content (AvgIpc) is 2.19. The van der Waals surface area contributed by atoms with Gasteiger partial charge in [-0.05, 0) is 31.5 Å². The van der Waals surface area contributed by atoms with Gasteiger partial charge in [0.1, 0.15) is 0 Å². The first-order valence-corrected chi connectivity index (χ1v) is 4.59. The average molecular weight is 176 g/mol. The number of nitrogens with zero attached hydrogens (tertiary/aromatic N) is 1. The van der Waals surface area contributed by atoms with Crippen molar-refractivity contribution in [2.45, 2.75) is 19.9 Å². The van der Waals surface area contributed by atoms with Gasteiger partial charge in [-0.2, -0.15) is 0 Å². The summed E-state index contributed by atoms with van der Waals surface area (Å²) in [5.41, 5.74) is 1.28. The van der Waals surface area contributed by atoms with Crippen molar-refractivity contribution in [2.24, 2.45) is 0 Å². The van der Waals surface area contributed by atoms with E-state index in [4.69, 9.17) is 0 Å². The van der Waals surface area contributed by atoms with E-state index in [2.05, 4.69) is 23.3 Å². The molecule has 0 aliphatic carbocycles. The van der Waals surface area contributed by atoms with E-state index >= 15 is 0 Å². The van der Waals surface area contributed by atoms with Gasteiger partial charge >= 0.3 is 0 Å². The van der Waals surface area contributed by atoms with Crippen LogP contribution in [-0.4, -0.2) is 11.5 Å². The summed E-state index contributed by atoms with van der Waals surface area (Å²) >= 11 is 0. The highest BCUT2D eigenvalue weighted by Crippen LogP contribution is 2.09. The van der Waals surface area contributed by atoms with Crippen molar-refractivity contribution in [3.63, 3.8) is 0 Å². The largest absolute Gasteiger partial charge is 0.307 e. The molecule has 0 fully saturated rings. The first-order valence-electron chi connectivity index (χ1n) is 4.59. The van der Waals surface area contributed by atoms with Crippen LogP contribution in [0.5, 0.6) is 0 Å². The molecule has 1 heterocycles. The minimum absolute atomic E-state index is 0.388. The molecule has 0 saturated carbocycles. The maximum absolute atomic E-state index is 3.98. The first kappa shape index (κ1) is 9.93. The van der Waals surface area contributed by atoms with E-state index in [0.29, 0.717) is 6.04 Å².